The van der Waals surface area contributed by atoms with Crippen LogP contribution in [-0.4, -0.2) is 131 Å². The van der Waals surface area contributed by atoms with Gasteiger partial charge in [-0.05, 0) is 0 Å². The molecule has 0 radical (unpaired) electrons. The Hall–Kier alpha value is 1.83. The number of hydrogen-bond acceptors (Lipinski definition) is 2. The second-order valence-corrected chi connectivity index (χ2v) is 0.565. The molecular formula is C2H4Ca2MgO6+6. The molecule has 11 heavy (non-hydrogen) atoms. The van der Waals surface area contributed by atoms with Crippen molar-refractivity contribution in [2.45, 2.75) is 0 Å². The van der Waals surface area contributed by atoms with Crippen LogP contribution in [0.25, 0.3) is 0 Å². The quantitative estimate of drug-likeness (QED) is 0.408. The molecule has 0 aliphatic rings. The Morgan fingerprint density at radius 1 is 0.727 bits per heavy atom. The van der Waals surface area contributed by atoms with Gasteiger partial charge < -0.3 is 20.4 Å². The summed E-state index contributed by atoms with van der Waals surface area (Å²) in [6.07, 6.45) is -3.67. The van der Waals surface area contributed by atoms with E-state index in [9.17, 15) is 0 Å². The van der Waals surface area contributed by atoms with Crippen molar-refractivity contribution in [3.05, 3.63) is 0 Å². The second kappa shape index (κ2) is 22.6. The predicted molar refractivity (Wildman–Crippen MR) is 38.6 cm³/mol. The van der Waals surface area contributed by atoms with Crippen LogP contribution in [0, 0.1) is 0 Å². The van der Waals surface area contributed by atoms with Gasteiger partial charge in [-0.1, -0.05) is 0 Å². The van der Waals surface area contributed by atoms with Crippen LogP contribution < -0.4 is 0 Å². The minimum atomic E-state index is -1.83. The molecule has 0 bridgehead atoms. The van der Waals surface area contributed by atoms with Gasteiger partial charge in [0.05, 0.1) is 0 Å². The smallest absolute Gasteiger partial charge is 0.450 e. The molecule has 0 rings (SSSR count). The van der Waals surface area contributed by atoms with E-state index in [0.29, 0.717) is 0 Å². The maximum Gasteiger partial charge on any atom is 2.00 e. The van der Waals surface area contributed by atoms with Gasteiger partial charge in [0, 0.05) is 0 Å². The van der Waals surface area contributed by atoms with Gasteiger partial charge in [0.25, 0.3) is 0 Å². The van der Waals surface area contributed by atoms with Crippen LogP contribution in [0.2, 0.25) is 0 Å². The van der Waals surface area contributed by atoms with Crippen molar-refractivity contribution in [3.8, 4) is 0 Å². The summed E-state index contributed by atoms with van der Waals surface area (Å²) in [7, 11) is 0. The van der Waals surface area contributed by atoms with Crippen molar-refractivity contribution in [2.75, 3.05) is 0 Å². The Kier molecular flexibility index (Phi) is 60.3. The first-order valence-corrected chi connectivity index (χ1v) is 1.30. The summed E-state index contributed by atoms with van der Waals surface area (Å²) >= 11 is 0. The molecule has 0 amide bonds. The Morgan fingerprint density at radius 3 is 0.727 bits per heavy atom. The molecule has 0 heterocycles. The molecule has 0 atom stereocenters. The van der Waals surface area contributed by atoms with Gasteiger partial charge in [0.1, 0.15) is 0 Å². The number of hydrogen-bond donors (Lipinski definition) is 4. The molecule has 4 N–H and O–H groups in total. The van der Waals surface area contributed by atoms with Gasteiger partial charge in [-0.3, -0.25) is 0 Å². The molecule has 9 heteroatoms. The zero-order valence-corrected chi connectivity index (χ0v) is 11.6. The van der Waals surface area contributed by atoms with Crippen molar-refractivity contribution >= 4 is 111 Å². The summed E-state index contributed by atoms with van der Waals surface area (Å²) in [6, 6.07) is 0. The van der Waals surface area contributed by atoms with Crippen LogP contribution in [0.15, 0.2) is 0 Å². The van der Waals surface area contributed by atoms with Crippen LogP contribution in [0.4, 0.5) is 9.59 Å². The van der Waals surface area contributed by atoms with E-state index in [1.807, 2.05) is 0 Å². The van der Waals surface area contributed by atoms with Gasteiger partial charge in [-0.15, -0.1) is 0 Å². The second-order valence-electron chi connectivity index (χ2n) is 0.565. The Balaban J connectivity index is -0.0000000171. The predicted octanol–water partition coefficient (Wildman–Crippen LogP) is -0.698. The van der Waals surface area contributed by atoms with Crippen LogP contribution >= 0.6 is 0 Å². The molecule has 6 nitrogen and oxygen atoms in total. The molecular weight excluding hydrogens is 224 g/mol. The average Bonchev–Trinajstić information content (AvgIpc) is 1.25. The van der Waals surface area contributed by atoms with Crippen molar-refractivity contribution < 1.29 is 30.0 Å². The number of rotatable bonds is 0. The van der Waals surface area contributed by atoms with Gasteiger partial charge in [0.2, 0.25) is 0 Å². The summed E-state index contributed by atoms with van der Waals surface area (Å²) in [5.74, 6) is 0. The summed E-state index contributed by atoms with van der Waals surface area (Å²) in [4.78, 5) is 17.1. The third-order valence-corrected chi connectivity index (χ3v) is 0. The van der Waals surface area contributed by atoms with Crippen LogP contribution in [0.3, 0.4) is 0 Å². The fraction of sp³-hybridized carbons (Fsp3) is 0. The Morgan fingerprint density at radius 2 is 0.727 bits per heavy atom. The van der Waals surface area contributed by atoms with Gasteiger partial charge in [-0.25, -0.2) is 9.59 Å². The molecule has 0 saturated carbocycles. The van der Waals surface area contributed by atoms with E-state index in [-0.39, 0.29) is 98.5 Å². The van der Waals surface area contributed by atoms with Gasteiger partial charge in [0.15, 0.2) is 0 Å². The van der Waals surface area contributed by atoms with Crippen LogP contribution in [-0.2, 0) is 0 Å². The Labute approximate surface area is 138 Å². The van der Waals surface area contributed by atoms with Crippen molar-refractivity contribution in [1.82, 2.24) is 0 Å². The minimum absolute atomic E-state index is 0. The van der Waals surface area contributed by atoms with E-state index in [2.05, 4.69) is 0 Å². The van der Waals surface area contributed by atoms with E-state index in [1.54, 1.807) is 0 Å². The zero-order chi connectivity index (χ0) is 7.15. The van der Waals surface area contributed by atoms with E-state index in [1.165, 1.54) is 0 Å². The molecule has 0 aliphatic carbocycles. The van der Waals surface area contributed by atoms with Crippen LogP contribution in [0.1, 0.15) is 0 Å². The largest absolute Gasteiger partial charge is 2.00 e. The monoisotopic (exact) mass is 228 g/mol. The summed E-state index contributed by atoms with van der Waals surface area (Å²) in [5, 5.41) is 27.9. The molecule has 0 aliphatic heterocycles. The van der Waals surface area contributed by atoms with Gasteiger partial charge in [-0.2, -0.15) is 0 Å². The maximum atomic E-state index is 8.56. The van der Waals surface area contributed by atoms with Crippen molar-refractivity contribution in [2.24, 2.45) is 0 Å². The van der Waals surface area contributed by atoms with E-state index >= 15 is 0 Å². The van der Waals surface area contributed by atoms with Gasteiger partial charge >= 0.3 is 111 Å². The molecule has 0 saturated heterocycles. The maximum absolute atomic E-state index is 8.56. The molecule has 0 fully saturated rings. The van der Waals surface area contributed by atoms with E-state index in [4.69, 9.17) is 30.0 Å². The third-order valence-electron chi connectivity index (χ3n) is 0. The summed E-state index contributed by atoms with van der Waals surface area (Å²) in [6.45, 7) is 0. The fourth-order valence-electron chi connectivity index (χ4n) is 0. The zero-order valence-electron chi connectivity index (χ0n) is 5.73. The molecule has 0 unspecified atom stereocenters. The van der Waals surface area contributed by atoms with E-state index in [0.717, 1.165) is 0 Å². The van der Waals surface area contributed by atoms with Crippen molar-refractivity contribution in [1.29, 1.82) is 0 Å². The summed E-state index contributed by atoms with van der Waals surface area (Å²) in [5.41, 5.74) is 0. The molecule has 0 aromatic carbocycles. The molecule has 0 spiro atoms. The first kappa shape index (κ1) is 29.3. The fourth-order valence-corrected chi connectivity index (χ4v) is 0. The normalized spacial score (nSPS) is 4.36. The van der Waals surface area contributed by atoms with E-state index < -0.39 is 12.3 Å². The standard InChI is InChI=1S/2CH2O3.2Ca.Mg/c2*2-1(3)4;;;/h2*(H2,2,3,4);;;/q;;3*+2. The summed E-state index contributed by atoms with van der Waals surface area (Å²) < 4.78 is 0. The first-order valence-electron chi connectivity index (χ1n) is 1.30. The SMILES string of the molecule is O=C(O)O.O=C(O)O.[Ca+2].[Ca+2].[Mg+2]. The number of carboxylic acid groups (broad SMARTS) is 4. The van der Waals surface area contributed by atoms with Crippen LogP contribution in [0.5, 0.6) is 0 Å². The molecule has 0 aromatic rings. The number of carbonyl (C=O) groups is 2. The molecule has 48 valence electrons. The third kappa shape index (κ3) is 343. The molecule has 0 aromatic heterocycles. The minimum Gasteiger partial charge on any atom is -0.450 e. The average molecular weight is 229 g/mol. The van der Waals surface area contributed by atoms with Crippen molar-refractivity contribution in [3.63, 3.8) is 0 Å². The topological polar surface area (TPSA) is 115 Å². The first-order chi connectivity index (χ1) is 3.46. The Bertz CT molecular complexity index is 76.6.